The monoisotopic (exact) mass is 454 g/mol. The van der Waals surface area contributed by atoms with Crippen LogP contribution in [-0.2, 0) is 27.3 Å². The van der Waals surface area contributed by atoms with E-state index in [2.05, 4.69) is 16.0 Å². The second-order valence-corrected chi connectivity index (χ2v) is 8.10. The van der Waals surface area contributed by atoms with E-state index in [1.54, 1.807) is 12.1 Å². The molecule has 2 aromatic carbocycles. The van der Waals surface area contributed by atoms with Crippen molar-refractivity contribution in [3.8, 4) is 5.75 Å². The third-order valence-electron chi connectivity index (χ3n) is 5.50. The maximum atomic E-state index is 13.2. The van der Waals surface area contributed by atoms with Gasteiger partial charge in [-0.3, -0.25) is 14.4 Å². The number of rotatable bonds is 12. The number of carbonyl (C=O) groups is 3. The first kappa shape index (κ1) is 25.9. The molecule has 0 saturated carbocycles. The van der Waals surface area contributed by atoms with E-state index < -0.39 is 18.0 Å². The van der Waals surface area contributed by atoms with Gasteiger partial charge in [-0.25, -0.2) is 0 Å². The molecule has 33 heavy (non-hydrogen) atoms. The fraction of sp³-hybridized carbons (Fsp3) is 0.400. The Kier molecular flexibility index (Phi) is 10.4. The van der Waals surface area contributed by atoms with Crippen LogP contribution in [0, 0.1) is 5.92 Å². The lowest BCUT2D eigenvalue weighted by atomic mass is 9.97. The van der Waals surface area contributed by atoms with Crippen molar-refractivity contribution in [3.63, 3.8) is 0 Å². The van der Waals surface area contributed by atoms with E-state index in [-0.39, 0.29) is 42.9 Å². The standard InChI is InChI=1S/C25H34N4O4/c1-3-17(2)23(25(33)27-16-19-7-5-4-6-8-19)29-24(32)21(28-22(31)13-14-26)15-18-9-11-20(30)12-10-18/h4-12,17,21,23,30H,3,13-16,26H2,1-2H3,(H,27,33)(H,28,31)(H,29,32)/t17?,21-,23-/m0/s1. The Morgan fingerprint density at radius 1 is 0.939 bits per heavy atom. The van der Waals surface area contributed by atoms with Crippen LogP contribution in [0.3, 0.4) is 0 Å². The predicted octanol–water partition coefficient (Wildman–Crippen LogP) is 1.62. The number of phenolic OH excluding ortho intramolecular Hbond substituents is 1. The highest BCUT2D eigenvalue weighted by atomic mass is 16.3. The van der Waals surface area contributed by atoms with Crippen LogP contribution >= 0.6 is 0 Å². The summed E-state index contributed by atoms with van der Waals surface area (Å²) in [7, 11) is 0. The molecule has 0 heterocycles. The molecule has 6 N–H and O–H groups in total. The summed E-state index contributed by atoms with van der Waals surface area (Å²) in [6.07, 6.45) is 0.985. The van der Waals surface area contributed by atoms with Crippen LogP contribution in [0.1, 0.15) is 37.8 Å². The summed E-state index contributed by atoms with van der Waals surface area (Å²) < 4.78 is 0. The number of aromatic hydroxyl groups is 1. The summed E-state index contributed by atoms with van der Waals surface area (Å²) in [6, 6.07) is 14.3. The van der Waals surface area contributed by atoms with E-state index in [0.717, 1.165) is 11.1 Å². The highest BCUT2D eigenvalue weighted by Gasteiger charge is 2.29. The maximum Gasteiger partial charge on any atom is 0.243 e. The average Bonchev–Trinajstić information content (AvgIpc) is 2.82. The van der Waals surface area contributed by atoms with Gasteiger partial charge in [0.25, 0.3) is 0 Å². The molecule has 0 aliphatic rings. The molecular weight excluding hydrogens is 420 g/mol. The Hall–Kier alpha value is -3.39. The number of carbonyl (C=O) groups excluding carboxylic acids is 3. The Balaban J connectivity index is 2.13. The lowest BCUT2D eigenvalue weighted by molar-refractivity contribution is -0.133. The van der Waals surface area contributed by atoms with Crippen LogP contribution in [0.4, 0.5) is 0 Å². The number of nitrogens with one attached hydrogen (secondary N) is 3. The number of benzene rings is 2. The van der Waals surface area contributed by atoms with Crippen LogP contribution in [0.15, 0.2) is 54.6 Å². The molecule has 8 nitrogen and oxygen atoms in total. The normalized spacial score (nSPS) is 13.4. The minimum atomic E-state index is -0.887. The number of nitrogens with two attached hydrogens (primary N) is 1. The predicted molar refractivity (Wildman–Crippen MR) is 127 cm³/mol. The first-order chi connectivity index (χ1) is 15.8. The second-order valence-electron chi connectivity index (χ2n) is 8.10. The number of amides is 3. The molecule has 0 aromatic heterocycles. The van der Waals surface area contributed by atoms with E-state index in [0.29, 0.717) is 13.0 Å². The van der Waals surface area contributed by atoms with Crippen LogP contribution in [0.25, 0.3) is 0 Å². The Labute approximate surface area is 195 Å². The molecular formula is C25H34N4O4. The molecule has 0 fully saturated rings. The topological polar surface area (TPSA) is 134 Å². The van der Waals surface area contributed by atoms with Gasteiger partial charge < -0.3 is 26.8 Å². The molecule has 0 radical (unpaired) electrons. The molecule has 3 amide bonds. The van der Waals surface area contributed by atoms with Crippen LogP contribution < -0.4 is 21.7 Å². The van der Waals surface area contributed by atoms with Gasteiger partial charge in [-0.1, -0.05) is 62.7 Å². The molecule has 178 valence electrons. The minimum Gasteiger partial charge on any atom is -0.508 e. The molecule has 2 rings (SSSR count). The van der Waals surface area contributed by atoms with Gasteiger partial charge in [0.05, 0.1) is 0 Å². The Bertz CT molecular complexity index is 902. The lowest BCUT2D eigenvalue weighted by Crippen LogP contribution is -2.56. The maximum absolute atomic E-state index is 13.2. The van der Waals surface area contributed by atoms with Gasteiger partial charge in [0, 0.05) is 25.9 Å². The third-order valence-corrected chi connectivity index (χ3v) is 5.50. The Morgan fingerprint density at radius 2 is 1.61 bits per heavy atom. The number of hydrogen-bond acceptors (Lipinski definition) is 5. The first-order valence-electron chi connectivity index (χ1n) is 11.2. The summed E-state index contributed by atoms with van der Waals surface area (Å²) in [5.74, 6) is -1.07. The highest BCUT2D eigenvalue weighted by Crippen LogP contribution is 2.13. The van der Waals surface area contributed by atoms with Crippen LogP contribution in [0.2, 0.25) is 0 Å². The lowest BCUT2D eigenvalue weighted by Gasteiger charge is -2.26. The number of phenols is 1. The van der Waals surface area contributed by atoms with E-state index >= 15 is 0 Å². The van der Waals surface area contributed by atoms with E-state index in [4.69, 9.17) is 5.73 Å². The van der Waals surface area contributed by atoms with Crippen molar-refractivity contribution < 1.29 is 19.5 Å². The van der Waals surface area contributed by atoms with Gasteiger partial charge in [0.1, 0.15) is 17.8 Å². The number of hydrogen-bond donors (Lipinski definition) is 5. The minimum absolute atomic E-state index is 0.0890. The zero-order chi connectivity index (χ0) is 24.2. The fourth-order valence-corrected chi connectivity index (χ4v) is 3.33. The largest absolute Gasteiger partial charge is 0.508 e. The Morgan fingerprint density at radius 3 is 2.21 bits per heavy atom. The van der Waals surface area contributed by atoms with Gasteiger partial charge in [-0.2, -0.15) is 0 Å². The van der Waals surface area contributed by atoms with Gasteiger partial charge in [-0.15, -0.1) is 0 Å². The van der Waals surface area contributed by atoms with Crippen LogP contribution in [-0.4, -0.2) is 41.5 Å². The highest BCUT2D eigenvalue weighted by molar-refractivity contribution is 5.92. The van der Waals surface area contributed by atoms with Gasteiger partial charge in [0.2, 0.25) is 17.7 Å². The average molecular weight is 455 g/mol. The summed E-state index contributed by atoms with van der Waals surface area (Å²) >= 11 is 0. The molecule has 2 aromatic rings. The van der Waals surface area contributed by atoms with Crippen molar-refractivity contribution in [3.05, 3.63) is 65.7 Å². The SMILES string of the molecule is CCC(C)[C@H](NC(=O)[C@H](Cc1ccc(O)cc1)NC(=O)CCN)C(=O)NCc1ccccc1. The van der Waals surface area contributed by atoms with Crippen molar-refractivity contribution in [2.75, 3.05) is 6.54 Å². The molecule has 0 aliphatic carbocycles. The molecule has 8 heteroatoms. The van der Waals surface area contributed by atoms with Gasteiger partial charge in [0.15, 0.2) is 0 Å². The van der Waals surface area contributed by atoms with Crippen LogP contribution in [0.5, 0.6) is 5.75 Å². The summed E-state index contributed by atoms with van der Waals surface area (Å²) in [5.41, 5.74) is 7.18. The molecule has 0 spiro atoms. The van der Waals surface area contributed by atoms with E-state index in [1.165, 1.54) is 12.1 Å². The first-order valence-corrected chi connectivity index (χ1v) is 11.2. The summed E-state index contributed by atoms with van der Waals surface area (Å²) in [6.45, 7) is 4.36. The molecule has 3 atom stereocenters. The summed E-state index contributed by atoms with van der Waals surface area (Å²) in [5, 5.41) is 18.0. The van der Waals surface area contributed by atoms with Crippen molar-refractivity contribution >= 4 is 17.7 Å². The zero-order valence-corrected chi connectivity index (χ0v) is 19.2. The smallest absolute Gasteiger partial charge is 0.243 e. The second kappa shape index (κ2) is 13.2. The van der Waals surface area contributed by atoms with E-state index in [9.17, 15) is 19.5 Å². The van der Waals surface area contributed by atoms with Crippen molar-refractivity contribution in [2.24, 2.45) is 11.7 Å². The molecule has 0 bridgehead atoms. The zero-order valence-electron chi connectivity index (χ0n) is 19.2. The fourth-order valence-electron chi connectivity index (χ4n) is 3.33. The molecule has 0 aliphatic heterocycles. The summed E-state index contributed by atoms with van der Waals surface area (Å²) in [4.78, 5) is 38.3. The third kappa shape index (κ3) is 8.57. The quantitative estimate of drug-likeness (QED) is 0.332. The van der Waals surface area contributed by atoms with Gasteiger partial charge in [-0.05, 0) is 29.2 Å². The van der Waals surface area contributed by atoms with Crippen molar-refractivity contribution in [2.45, 2.75) is 51.7 Å². The van der Waals surface area contributed by atoms with Crippen molar-refractivity contribution in [1.82, 2.24) is 16.0 Å². The molecule has 0 saturated heterocycles. The van der Waals surface area contributed by atoms with E-state index in [1.807, 2.05) is 44.2 Å². The van der Waals surface area contributed by atoms with Crippen molar-refractivity contribution in [1.29, 1.82) is 0 Å². The van der Waals surface area contributed by atoms with Gasteiger partial charge >= 0.3 is 0 Å². The molecule has 1 unspecified atom stereocenters.